The van der Waals surface area contributed by atoms with Crippen LogP contribution in [0.2, 0.25) is 5.02 Å². The molecular weight excluding hydrogens is 668 g/mol. The van der Waals surface area contributed by atoms with Gasteiger partial charge in [0.15, 0.2) is 17.4 Å². The maximum atomic E-state index is 16.9. The number of hydrogen-bond donors (Lipinski definition) is 2. The van der Waals surface area contributed by atoms with Gasteiger partial charge in [-0.25, -0.2) is 18.2 Å². The average Bonchev–Trinajstić information content (AvgIpc) is 3.10. The van der Waals surface area contributed by atoms with E-state index in [-0.39, 0.29) is 59.9 Å². The summed E-state index contributed by atoms with van der Waals surface area (Å²) in [4.78, 5) is 16.1. The molecule has 48 heavy (non-hydrogen) atoms. The van der Waals surface area contributed by atoms with Crippen LogP contribution in [0, 0.1) is 12.7 Å². The predicted molar refractivity (Wildman–Crippen MR) is 164 cm³/mol. The molecule has 7 rings (SSSR count). The third-order valence-corrected chi connectivity index (χ3v) is 9.61. The second-order valence-corrected chi connectivity index (χ2v) is 12.7. The number of alkyl halides is 5. The van der Waals surface area contributed by atoms with E-state index in [2.05, 4.69) is 25.1 Å². The standard InChI is InChI=1S/C30H28ClF6N9O2/c1-13-9-16(38)41-22(19(13)30(35,36)37)17-20(31)24-18-23(21(17)32)42-27(48-12-28-4-6-45(28)11-29(33,34)10-28)43-26(18)46(7-8-47-24)14(2)15-3-5-40-44-25(15)39/h3,5,9,14H,4,6-8,10-12H2,1-2H3,(H2,38,41)(H2,39,44)/t14-,28-/m1/s1. The number of aryl methyl sites for hydroxylation is 1. The van der Waals surface area contributed by atoms with Crippen molar-refractivity contribution in [3.05, 3.63) is 45.9 Å². The van der Waals surface area contributed by atoms with E-state index >= 15 is 4.39 Å². The quantitative estimate of drug-likeness (QED) is 0.244. The lowest BCUT2D eigenvalue weighted by Crippen LogP contribution is -2.59. The maximum absolute atomic E-state index is 16.9. The molecule has 6 heterocycles. The number of ether oxygens (including phenoxy) is 2. The van der Waals surface area contributed by atoms with Crippen molar-refractivity contribution in [2.45, 2.75) is 50.4 Å². The van der Waals surface area contributed by atoms with Crippen LogP contribution in [-0.2, 0) is 6.18 Å². The van der Waals surface area contributed by atoms with Crippen molar-refractivity contribution in [1.29, 1.82) is 0 Å². The number of nitrogens with two attached hydrogens (primary N) is 2. The van der Waals surface area contributed by atoms with Gasteiger partial charge in [-0.1, -0.05) is 11.6 Å². The van der Waals surface area contributed by atoms with Gasteiger partial charge >= 0.3 is 12.2 Å². The highest BCUT2D eigenvalue weighted by Crippen LogP contribution is 2.52. The Morgan fingerprint density at radius 1 is 1.17 bits per heavy atom. The lowest BCUT2D eigenvalue weighted by atomic mass is 9.85. The summed E-state index contributed by atoms with van der Waals surface area (Å²) < 4.78 is 101. The van der Waals surface area contributed by atoms with Crippen LogP contribution >= 0.6 is 11.6 Å². The van der Waals surface area contributed by atoms with Crippen LogP contribution in [0.1, 0.15) is 42.5 Å². The van der Waals surface area contributed by atoms with Crippen molar-refractivity contribution in [2.75, 3.05) is 49.2 Å². The van der Waals surface area contributed by atoms with Gasteiger partial charge in [0, 0.05) is 18.5 Å². The topological polar surface area (TPSA) is 141 Å². The number of nitrogens with zero attached hydrogens (tertiary/aromatic N) is 7. The van der Waals surface area contributed by atoms with Gasteiger partial charge in [-0.2, -0.15) is 28.2 Å². The number of nitrogen functional groups attached to an aromatic ring is 2. The van der Waals surface area contributed by atoms with Crippen molar-refractivity contribution >= 4 is 40.0 Å². The van der Waals surface area contributed by atoms with E-state index < -0.39 is 69.8 Å². The van der Waals surface area contributed by atoms with Gasteiger partial charge in [0.25, 0.3) is 5.92 Å². The van der Waals surface area contributed by atoms with Crippen molar-refractivity contribution < 1.29 is 35.8 Å². The van der Waals surface area contributed by atoms with Crippen LogP contribution < -0.4 is 25.8 Å². The maximum Gasteiger partial charge on any atom is 0.418 e. The second kappa shape index (κ2) is 11.1. The molecule has 0 amide bonds. The lowest BCUT2D eigenvalue weighted by molar-refractivity contribution is -0.137. The molecule has 3 aliphatic heterocycles. The Kier molecular flexibility index (Phi) is 7.43. The summed E-state index contributed by atoms with van der Waals surface area (Å²) in [7, 11) is 0. The first-order valence-electron chi connectivity index (χ1n) is 14.9. The molecule has 3 aromatic heterocycles. The fraction of sp³-hybridized carbons (Fsp3) is 0.433. The smallest absolute Gasteiger partial charge is 0.418 e. The number of hydrogen-bond acceptors (Lipinski definition) is 11. The van der Waals surface area contributed by atoms with Crippen LogP contribution in [0.5, 0.6) is 11.8 Å². The zero-order chi connectivity index (χ0) is 34.3. The zero-order valence-electron chi connectivity index (χ0n) is 25.5. The first-order chi connectivity index (χ1) is 22.6. The molecule has 2 saturated heterocycles. The van der Waals surface area contributed by atoms with Crippen molar-refractivity contribution in [3.8, 4) is 23.0 Å². The van der Waals surface area contributed by atoms with E-state index in [1.54, 1.807) is 22.8 Å². The van der Waals surface area contributed by atoms with E-state index in [1.807, 2.05) is 0 Å². The fourth-order valence-electron chi connectivity index (χ4n) is 6.95. The number of rotatable bonds is 6. The number of anilines is 3. The Hall–Kier alpha value is -4.38. The van der Waals surface area contributed by atoms with Crippen LogP contribution in [0.25, 0.3) is 22.2 Å². The summed E-state index contributed by atoms with van der Waals surface area (Å²) >= 11 is 6.72. The summed E-state index contributed by atoms with van der Waals surface area (Å²) in [5, 5.41) is 7.14. The Morgan fingerprint density at radius 2 is 1.94 bits per heavy atom. The van der Waals surface area contributed by atoms with E-state index in [1.165, 1.54) is 13.1 Å². The minimum Gasteiger partial charge on any atom is -0.489 e. The second-order valence-electron chi connectivity index (χ2n) is 12.3. The highest BCUT2D eigenvalue weighted by atomic mass is 35.5. The summed E-state index contributed by atoms with van der Waals surface area (Å²) in [6.45, 7) is 2.80. The van der Waals surface area contributed by atoms with Crippen LogP contribution in [0.3, 0.4) is 0 Å². The molecule has 0 bridgehead atoms. The Morgan fingerprint density at radius 3 is 2.60 bits per heavy atom. The van der Waals surface area contributed by atoms with Crippen molar-refractivity contribution in [2.24, 2.45) is 0 Å². The normalized spacial score (nSPS) is 21.0. The summed E-state index contributed by atoms with van der Waals surface area (Å²) in [6.07, 6.45) is -3.53. The molecule has 0 saturated carbocycles. The van der Waals surface area contributed by atoms with E-state index in [9.17, 15) is 22.0 Å². The minimum absolute atomic E-state index is 0.0523. The van der Waals surface area contributed by atoms with Gasteiger partial charge in [-0.05, 0) is 38.0 Å². The molecule has 0 spiro atoms. The van der Waals surface area contributed by atoms with E-state index in [4.69, 9.17) is 32.5 Å². The number of fused-ring (bicyclic) bond motifs is 1. The minimum atomic E-state index is -4.97. The number of pyridine rings is 1. The molecule has 0 radical (unpaired) electrons. The van der Waals surface area contributed by atoms with Gasteiger partial charge < -0.3 is 25.8 Å². The van der Waals surface area contributed by atoms with Crippen LogP contribution in [-0.4, -0.2) is 74.4 Å². The average molecular weight is 696 g/mol. The molecule has 11 nitrogen and oxygen atoms in total. The first kappa shape index (κ1) is 32.2. The molecule has 254 valence electrons. The molecule has 4 aromatic rings. The monoisotopic (exact) mass is 695 g/mol. The Bertz CT molecular complexity index is 1970. The third-order valence-electron chi connectivity index (χ3n) is 9.25. The predicted octanol–water partition coefficient (Wildman–Crippen LogP) is 5.59. The van der Waals surface area contributed by atoms with Crippen LogP contribution in [0.4, 0.5) is 43.8 Å². The van der Waals surface area contributed by atoms with Gasteiger partial charge in [-0.15, -0.1) is 5.10 Å². The molecule has 0 unspecified atom stereocenters. The first-order valence-corrected chi connectivity index (χ1v) is 15.3. The summed E-state index contributed by atoms with van der Waals surface area (Å²) in [5.41, 5.74) is 7.91. The largest absolute Gasteiger partial charge is 0.489 e. The number of benzene rings is 1. The molecule has 2 atom stereocenters. The van der Waals surface area contributed by atoms with Gasteiger partial charge in [0.2, 0.25) is 0 Å². The Balaban J connectivity index is 1.45. The van der Waals surface area contributed by atoms with Gasteiger partial charge in [-0.3, -0.25) is 4.90 Å². The third kappa shape index (κ3) is 5.14. The Labute approximate surface area is 274 Å². The lowest BCUT2D eigenvalue weighted by Gasteiger charge is -2.46. The number of aromatic nitrogens is 5. The number of halogens is 7. The highest BCUT2D eigenvalue weighted by Gasteiger charge is 2.60. The van der Waals surface area contributed by atoms with Crippen molar-refractivity contribution in [3.63, 3.8) is 0 Å². The molecule has 0 aliphatic carbocycles. The zero-order valence-corrected chi connectivity index (χ0v) is 26.3. The SMILES string of the molecule is Cc1cc(N)nc(-c2c(Cl)c3c4c(nc(OC[C@]56CCN5CC(F)(F)C6)nc4c2F)N([C@H](C)c2ccnnc2N)CCO3)c1C(F)(F)F. The summed E-state index contributed by atoms with van der Waals surface area (Å²) in [5.74, 6) is -4.49. The molecule has 1 aromatic carbocycles. The van der Waals surface area contributed by atoms with Crippen LogP contribution in [0.15, 0.2) is 18.3 Å². The van der Waals surface area contributed by atoms with E-state index in [0.29, 0.717) is 18.5 Å². The van der Waals surface area contributed by atoms with Gasteiger partial charge in [0.1, 0.15) is 30.4 Å². The van der Waals surface area contributed by atoms with Crippen molar-refractivity contribution in [1.82, 2.24) is 30.0 Å². The molecule has 3 aliphatic rings. The molecule has 2 fully saturated rings. The molecule has 4 N–H and O–H groups in total. The fourth-order valence-corrected chi connectivity index (χ4v) is 7.27. The highest BCUT2D eigenvalue weighted by molar-refractivity contribution is 6.36. The van der Waals surface area contributed by atoms with E-state index in [0.717, 1.165) is 6.07 Å². The van der Waals surface area contributed by atoms with Gasteiger partial charge in [0.05, 0.1) is 58.1 Å². The molecular formula is C30H28ClF6N9O2. The summed E-state index contributed by atoms with van der Waals surface area (Å²) in [6, 6.07) is 1.70. The molecule has 18 heteroatoms.